The van der Waals surface area contributed by atoms with E-state index in [-0.39, 0.29) is 24.6 Å². The Morgan fingerprint density at radius 1 is 0.944 bits per heavy atom. The van der Waals surface area contributed by atoms with Crippen molar-refractivity contribution in [2.75, 3.05) is 17.2 Å². The number of aromatic amines is 1. The van der Waals surface area contributed by atoms with Gasteiger partial charge in [-0.1, -0.05) is 45.2 Å². The summed E-state index contributed by atoms with van der Waals surface area (Å²) in [5.41, 5.74) is 4.08. The van der Waals surface area contributed by atoms with E-state index in [1.54, 1.807) is 31.2 Å². The van der Waals surface area contributed by atoms with E-state index in [4.69, 9.17) is 5.73 Å². The number of para-hydroxylation sites is 1. The fourth-order valence-corrected chi connectivity index (χ4v) is 4.28. The van der Waals surface area contributed by atoms with Crippen LogP contribution in [0.1, 0.15) is 52.9 Å². The zero-order chi connectivity index (χ0) is 26.4. The summed E-state index contributed by atoms with van der Waals surface area (Å²) in [7, 11) is 0. The van der Waals surface area contributed by atoms with Gasteiger partial charge >= 0.3 is 11.4 Å². The molecule has 0 fully saturated rings. The highest BCUT2D eigenvalue weighted by molar-refractivity contribution is 5.96. The van der Waals surface area contributed by atoms with E-state index < -0.39 is 34.9 Å². The zero-order valence-electron chi connectivity index (χ0n) is 21.1. The van der Waals surface area contributed by atoms with Gasteiger partial charge in [0.2, 0.25) is 5.91 Å². The molecule has 0 aliphatic rings. The number of carbonyl (C=O) groups excluding carboxylic acids is 1. The van der Waals surface area contributed by atoms with Crippen LogP contribution in [-0.4, -0.2) is 31.1 Å². The second-order valence-electron chi connectivity index (χ2n) is 8.69. The largest absolute Gasteiger partial charge is 0.383 e. The highest BCUT2D eigenvalue weighted by Gasteiger charge is 2.25. The van der Waals surface area contributed by atoms with Gasteiger partial charge in [0, 0.05) is 19.6 Å². The fraction of sp³-hybridized carbons (Fsp3) is 0.480. The molecule has 0 bridgehead atoms. The number of benzene rings is 1. The van der Waals surface area contributed by atoms with Crippen molar-refractivity contribution < 1.29 is 4.79 Å². The van der Waals surface area contributed by atoms with Crippen molar-refractivity contribution in [3.05, 3.63) is 65.9 Å². The van der Waals surface area contributed by atoms with Crippen LogP contribution in [0.4, 0.5) is 11.5 Å². The van der Waals surface area contributed by atoms with Gasteiger partial charge < -0.3 is 10.6 Å². The molecule has 0 spiro atoms. The van der Waals surface area contributed by atoms with E-state index in [9.17, 15) is 24.0 Å². The third kappa shape index (κ3) is 5.19. The van der Waals surface area contributed by atoms with Gasteiger partial charge in [-0.3, -0.25) is 33.1 Å². The van der Waals surface area contributed by atoms with Gasteiger partial charge in [0.05, 0.1) is 10.9 Å². The number of nitrogens with two attached hydrogens (primary N) is 1. The molecule has 3 rings (SSSR count). The summed E-state index contributed by atoms with van der Waals surface area (Å²) in [6.07, 6.45) is 3.76. The van der Waals surface area contributed by atoms with Crippen LogP contribution in [0.5, 0.6) is 0 Å². The highest BCUT2D eigenvalue weighted by Crippen LogP contribution is 2.19. The van der Waals surface area contributed by atoms with Gasteiger partial charge in [-0.05, 0) is 31.9 Å². The molecule has 1 amide bonds. The van der Waals surface area contributed by atoms with Gasteiger partial charge in [-0.2, -0.15) is 0 Å². The number of nitrogen functional groups attached to an aromatic ring is 1. The van der Waals surface area contributed by atoms with E-state index in [1.165, 1.54) is 14.0 Å². The monoisotopic (exact) mass is 498 g/mol. The summed E-state index contributed by atoms with van der Waals surface area (Å²) in [6.45, 7) is 5.88. The lowest BCUT2D eigenvalue weighted by Crippen LogP contribution is -2.46. The van der Waals surface area contributed by atoms with E-state index in [2.05, 4.69) is 4.98 Å². The van der Waals surface area contributed by atoms with Crippen molar-refractivity contribution in [1.29, 1.82) is 0 Å². The average Bonchev–Trinajstić information content (AvgIpc) is 2.85. The molecule has 3 N–H and O–H groups in total. The molecule has 0 saturated heterocycles. The first-order chi connectivity index (χ1) is 17.3. The van der Waals surface area contributed by atoms with E-state index in [1.807, 2.05) is 13.8 Å². The van der Waals surface area contributed by atoms with Crippen molar-refractivity contribution >= 4 is 28.3 Å². The third-order valence-corrected chi connectivity index (χ3v) is 6.25. The highest BCUT2D eigenvalue weighted by atomic mass is 16.2. The minimum atomic E-state index is -0.758. The van der Waals surface area contributed by atoms with Crippen molar-refractivity contribution in [1.82, 2.24) is 18.7 Å². The maximum absolute atomic E-state index is 13.7. The van der Waals surface area contributed by atoms with Crippen LogP contribution >= 0.6 is 0 Å². The number of hydrogen-bond acceptors (Lipinski definition) is 6. The number of aromatic nitrogens is 4. The molecule has 0 aliphatic heterocycles. The predicted molar refractivity (Wildman–Crippen MR) is 141 cm³/mol. The zero-order valence-corrected chi connectivity index (χ0v) is 21.1. The first kappa shape index (κ1) is 26.7. The molecule has 0 unspecified atom stereocenters. The molecule has 11 nitrogen and oxygen atoms in total. The number of amides is 1. The van der Waals surface area contributed by atoms with Crippen molar-refractivity contribution in [3.8, 4) is 0 Å². The Kier molecular flexibility index (Phi) is 8.68. The second-order valence-corrected chi connectivity index (χ2v) is 8.69. The first-order valence-electron chi connectivity index (χ1n) is 12.4. The Labute approximate surface area is 207 Å². The lowest BCUT2D eigenvalue weighted by molar-refractivity contribution is -0.119. The summed E-state index contributed by atoms with van der Waals surface area (Å²) >= 11 is 0. The molecule has 194 valence electrons. The number of unbranched alkanes of at least 4 members (excludes halogenated alkanes) is 3. The second kappa shape index (κ2) is 11.7. The lowest BCUT2D eigenvalue weighted by Gasteiger charge is -2.25. The SMILES string of the molecule is CCCCCN(C(=O)Cn1c(=O)n(CC)c(=O)c2ccccc21)c1c(N)n(CCCC)c(=O)[nH]c1=O. The minimum Gasteiger partial charge on any atom is -0.383 e. The topological polar surface area (TPSA) is 145 Å². The lowest BCUT2D eigenvalue weighted by atomic mass is 10.2. The summed E-state index contributed by atoms with van der Waals surface area (Å²) in [6, 6.07) is 6.59. The van der Waals surface area contributed by atoms with Gasteiger partial charge in [0.1, 0.15) is 12.4 Å². The third-order valence-electron chi connectivity index (χ3n) is 6.25. The number of carbonyl (C=O) groups is 1. The first-order valence-corrected chi connectivity index (χ1v) is 12.4. The number of nitrogens with zero attached hydrogens (tertiary/aromatic N) is 4. The normalized spacial score (nSPS) is 11.2. The Morgan fingerprint density at radius 3 is 2.31 bits per heavy atom. The number of fused-ring (bicyclic) bond motifs is 1. The van der Waals surface area contributed by atoms with Crippen LogP contribution < -0.4 is 33.1 Å². The van der Waals surface area contributed by atoms with Crippen molar-refractivity contribution in [2.45, 2.75) is 72.5 Å². The summed E-state index contributed by atoms with van der Waals surface area (Å²) < 4.78 is 3.58. The molecule has 0 aliphatic carbocycles. The maximum Gasteiger partial charge on any atom is 0.331 e. The van der Waals surface area contributed by atoms with Gasteiger partial charge in [0.15, 0.2) is 5.69 Å². The summed E-state index contributed by atoms with van der Waals surface area (Å²) in [5.74, 6) is -0.629. The molecule has 0 saturated carbocycles. The Morgan fingerprint density at radius 2 is 1.64 bits per heavy atom. The Hall–Kier alpha value is -3.89. The summed E-state index contributed by atoms with van der Waals surface area (Å²) in [5, 5.41) is 0.315. The average molecular weight is 499 g/mol. The molecule has 0 atom stereocenters. The number of H-pyrrole nitrogens is 1. The van der Waals surface area contributed by atoms with Crippen LogP contribution in [0.3, 0.4) is 0 Å². The van der Waals surface area contributed by atoms with Crippen molar-refractivity contribution in [3.63, 3.8) is 0 Å². The number of nitrogens with one attached hydrogen (secondary N) is 1. The van der Waals surface area contributed by atoms with E-state index >= 15 is 0 Å². The number of anilines is 2. The Bertz CT molecular complexity index is 1480. The number of rotatable bonds is 11. The Balaban J connectivity index is 2.15. The predicted octanol–water partition coefficient (Wildman–Crippen LogP) is 1.64. The summed E-state index contributed by atoms with van der Waals surface area (Å²) in [4.78, 5) is 68.4. The van der Waals surface area contributed by atoms with Gasteiger partial charge in [0.25, 0.3) is 11.1 Å². The van der Waals surface area contributed by atoms with Crippen LogP contribution in [0, 0.1) is 0 Å². The maximum atomic E-state index is 13.7. The fourth-order valence-electron chi connectivity index (χ4n) is 4.28. The molecular weight excluding hydrogens is 464 g/mol. The molecule has 3 aromatic rings. The molecular formula is C25H34N6O5. The molecule has 36 heavy (non-hydrogen) atoms. The molecule has 2 aromatic heterocycles. The van der Waals surface area contributed by atoms with E-state index in [0.29, 0.717) is 30.3 Å². The quantitative estimate of drug-likeness (QED) is 0.385. The van der Waals surface area contributed by atoms with Crippen LogP contribution in [-0.2, 0) is 24.4 Å². The smallest absolute Gasteiger partial charge is 0.331 e. The standard InChI is InChI=1S/C25H34N6O5/c1-4-7-11-15-29(20-21(26)30(14-8-5-2)24(35)27-22(20)33)19(32)16-31-18-13-10-9-12-17(18)23(34)28(6-3)25(31)36/h9-10,12-13H,4-8,11,14-16,26H2,1-3H3,(H,27,33,35). The van der Waals surface area contributed by atoms with Crippen LogP contribution in [0.2, 0.25) is 0 Å². The van der Waals surface area contributed by atoms with Crippen LogP contribution in [0.25, 0.3) is 10.9 Å². The van der Waals surface area contributed by atoms with E-state index in [0.717, 1.165) is 23.8 Å². The van der Waals surface area contributed by atoms with Crippen molar-refractivity contribution in [2.24, 2.45) is 0 Å². The molecule has 11 heteroatoms. The number of hydrogen-bond donors (Lipinski definition) is 2. The van der Waals surface area contributed by atoms with Crippen LogP contribution in [0.15, 0.2) is 43.4 Å². The molecule has 0 radical (unpaired) electrons. The minimum absolute atomic E-state index is 0.0854. The van der Waals surface area contributed by atoms with Gasteiger partial charge in [-0.25, -0.2) is 9.59 Å². The molecule has 1 aromatic carbocycles. The molecule has 2 heterocycles. The van der Waals surface area contributed by atoms with Gasteiger partial charge in [-0.15, -0.1) is 0 Å².